The number of amides is 1. The first-order valence-corrected chi connectivity index (χ1v) is 16.3. The van der Waals surface area contributed by atoms with Gasteiger partial charge in [-0.1, -0.05) is 25.3 Å². The summed E-state index contributed by atoms with van der Waals surface area (Å²) >= 11 is 0. The molecule has 6 rings (SSSR count). The average Bonchev–Trinajstić information content (AvgIpc) is 3.00. The van der Waals surface area contributed by atoms with Gasteiger partial charge >= 0.3 is 0 Å². The number of rotatable bonds is 7. The summed E-state index contributed by atoms with van der Waals surface area (Å²) in [4.78, 5) is 31.3. The van der Waals surface area contributed by atoms with Crippen LogP contribution in [0.2, 0.25) is 0 Å². The lowest BCUT2D eigenvalue weighted by Crippen LogP contribution is -2.59. The molecule has 2 aliphatic rings. The van der Waals surface area contributed by atoms with Gasteiger partial charge in [-0.15, -0.1) is 0 Å². The fourth-order valence-electron chi connectivity index (χ4n) is 6.18. The molecule has 1 aliphatic heterocycles. The Hall–Kier alpha value is -4.10. The smallest absolute Gasteiger partial charge is 0.274 e. The van der Waals surface area contributed by atoms with Crippen molar-refractivity contribution in [3.63, 3.8) is 0 Å². The molecule has 2 aromatic carbocycles. The third-order valence-corrected chi connectivity index (χ3v) is 10.8. The van der Waals surface area contributed by atoms with E-state index in [2.05, 4.69) is 10.1 Å². The number of sulfonamides is 1. The maximum Gasteiger partial charge on any atom is 0.274 e. The molecule has 0 unspecified atom stereocenters. The van der Waals surface area contributed by atoms with Gasteiger partial charge in [0, 0.05) is 30.9 Å². The molecule has 1 saturated carbocycles. The van der Waals surface area contributed by atoms with Crippen molar-refractivity contribution in [2.75, 3.05) is 11.4 Å². The number of carbonyl (C=O) groups is 1. The second-order valence-electron chi connectivity index (χ2n) is 11.7. The van der Waals surface area contributed by atoms with E-state index in [1.165, 1.54) is 42.1 Å². The van der Waals surface area contributed by atoms with Crippen molar-refractivity contribution in [1.82, 2.24) is 19.1 Å². The largest absolute Gasteiger partial charge is 0.305 e. The minimum Gasteiger partial charge on any atom is -0.305 e. The van der Waals surface area contributed by atoms with Crippen molar-refractivity contribution in [2.24, 2.45) is 7.05 Å². The molecule has 1 aliphatic carbocycles. The van der Waals surface area contributed by atoms with Crippen LogP contribution < -0.4 is 10.5 Å². The van der Waals surface area contributed by atoms with E-state index in [4.69, 9.17) is 0 Å². The van der Waals surface area contributed by atoms with Gasteiger partial charge in [0.2, 0.25) is 15.9 Å². The molecular formula is C32H32F3N5O4S. The number of pyridine rings is 1. The number of anilines is 1. The molecule has 4 aromatic rings. The number of fused-ring (bicyclic) bond motifs is 1. The van der Waals surface area contributed by atoms with E-state index >= 15 is 0 Å². The van der Waals surface area contributed by atoms with Crippen molar-refractivity contribution >= 4 is 32.4 Å². The van der Waals surface area contributed by atoms with Crippen LogP contribution in [0.1, 0.15) is 61.3 Å². The van der Waals surface area contributed by atoms with Crippen LogP contribution in [0.15, 0.2) is 58.5 Å². The normalized spacial score (nSPS) is 17.8. The highest BCUT2D eigenvalue weighted by molar-refractivity contribution is 7.89. The van der Waals surface area contributed by atoms with Gasteiger partial charge in [-0.05, 0) is 73.6 Å². The molecule has 13 heteroatoms. The van der Waals surface area contributed by atoms with Crippen LogP contribution in [-0.2, 0) is 28.4 Å². The summed E-state index contributed by atoms with van der Waals surface area (Å²) in [6.07, 6.45) is 9.10. The molecule has 2 fully saturated rings. The molecule has 0 N–H and O–H groups in total. The molecule has 1 saturated heterocycles. The maximum atomic E-state index is 14.9. The highest BCUT2D eigenvalue weighted by Crippen LogP contribution is 2.35. The highest BCUT2D eigenvalue weighted by atomic mass is 32.2. The predicted octanol–water partition coefficient (Wildman–Crippen LogP) is 5.10. The minimum absolute atomic E-state index is 0.0419. The van der Waals surface area contributed by atoms with Crippen molar-refractivity contribution < 1.29 is 26.4 Å². The van der Waals surface area contributed by atoms with Gasteiger partial charge in [0.25, 0.3) is 5.56 Å². The number of nitrogens with zero attached hydrogens (tertiary/aromatic N) is 5. The molecule has 45 heavy (non-hydrogen) atoms. The van der Waals surface area contributed by atoms with Gasteiger partial charge in [0.1, 0.15) is 11.9 Å². The number of aryl methyl sites for hydroxylation is 2. The van der Waals surface area contributed by atoms with E-state index in [0.717, 1.165) is 25.3 Å². The summed E-state index contributed by atoms with van der Waals surface area (Å²) < 4.78 is 72.7. The molecule has 0 spiro atoms. The van der Waals surface area contributed by atoms with Crippen LogP contribution in [0.25, 0.3) is 10.8 Å². The quantitative estimate of drug-likeness (QED) is 0.261. The van der Waals surface area contributed by atoms with Crippen LogP contribution in [0, 0.1) is 24.4 Å². The van der Waals surface area contributed by atoms with Crippen LogP contribution in [0.3, 0.4) is 0 Å². The van der Waals surface area contributed by atoms with E-state index < -0.39 is 44.3 Å². The number of aromatic nitrogens is 3. The monoisotopic (exact) mass is 639 g/mol. The summed E-state index contributed by atoms with van der Waals surface area (Å²) in [5, 5.41) is 4.90. The molecule has 0 bridgehead atoms. The van der Waals surface area contributed by atoms with Crippen molar-refractivity contribution in [2.45, 2.75) is 68.8 Å². The zero-order chi connectivity index (χ0) is 32.0. The maximum absolute atomic E-state index is 14.9. The van der Waals surface area contributed by atoms with Gasteiger partial charge in [0.05, 0.1) is 23.8 Å². The molecule has 3 heterocycles. The van der Waals surface area contributed by atoms with Crippen molar-refractivity contribution in [3.8, 4) is 0 Å². The van der Waals surface area contributed by atoms with Gasteiger partial charge in [0.15, 0.2) is 16.5 Å². The van der Waals surface area contributed by atoms with E-state index in [-0.39, 0.29) is 30.6 Å². The summed E-state index contributed by atoms with van der Waals surface area (Å²) in [7, 11) is -3.41. The van der Waals surface area contributed by atoms with Crippen molar-refractivity contribution in [1.29, 1.82) is 0 Å². The second kappa shape index (κ2) is 12.0. The standard InChI is InChI=1S/C32H32F3N5O4S/c1-19-14-26(33)29(35)30(28(19)34)45(43,44)40-13-12-27(40)32(42)39(24-10-11-25-22(15-24)17-37-38(2)31(25)41)18-23-9-8-21(16-36-23)20-6-4-3-5-7-20/h8-11,14-17,20,27H,3-7,12-13,18H2,1-2H3/t27-/m1/s1. The molecular weight excluding hydrogens is 607 g/mol. The summed E-state index contributed by atoms with van der Waals surface area (Å²) in [6.45, 7) is 0.901. The number of carbonyl (C=O) groups excluding carboxylic acids is 1. The lowest BCUT2D eigenvalue weighted by atomic mass is 9.85. The Morgan fingerprint density at radius 2 is 1.76 bits per heavy atom. The lowest BCUT2D eigenvalue weighted by Gasteiger charge is -2.41. The molecule has 1 atom stereocenters. The van der Waals surface area contributed by atoms with Crippen LogP contribution >= 0.6 is 0 Å². The molecule has 236 valence electrons. The first-order valence-electron chi connectivity index (χ1n) is 14.9. The Bertz CT molecular complexity index is 1930. The topological polar surface area (TPSA) is 105 Å². The van der Waals surface area contributed by atoms with Gasteiger partial charge in [-0.2, -0.15) is 9.40 Å². The zero-order valence-electron chi connectivity index (χ0n) is 24.8. The second-order valence-corrected chi connectivity index (χ2v) is 13.6. The Morgan fingerprint density at radius 1 is 1.00 bits per heavy atom. The summed E-state index contributed by atoms with van der Waals surface area (Å²) in [6, 6.07) is 7.83. The van der Waals surface area contributed by atoms with E-state index in [0.29, 0.717) is 38.4 Å². The van der Waals surface area contributed by atoms with Crippen LogP contribution in [-0.4, -0.2) is 46.0 Å². The van der Waals surface area contributed by atoms with Crippen LogP contribution in [0.4, 0.5) is 18.9 Å². The van der Waals surface area contributed by atoms with Gasteiger partial charge in [-0.25, -0.2) is 26.3 Å². The fourth-order valence-corrected chi connectivity index (χ4v) is 8.01. The third kappa shape index (κ3) is 5.63. The fraction of sp³-hybridized carbons (Fsp3) is 0.375. The number of hydrogen-bond acceptors (Lipinski definition) is 6. The lowest BCUT2D eigenvalue weighted by molar-refractivity contribution is -0.125. The van der Waals surface area contributed by atoms with Crippen LogP contribution in [0.5, 0.6) is 0 Å². The Balaban J connectivity index is 1.36. The Kier molecular flexibility index (Phi) is 8.25. The molecule has 1 amide bonds. The Labute approximate surface area is 258 Å². The Morgan fingerprint density at radius 3 is 2.42 bits per heavy atom. The predicted molar refractivity (Wildman–Crippen MR) is 162 cm³/mol. The molecule has 2 aromatic heterocycles. The zero-order valence-corrected chi connectivity index (χ0v) is 25.7. The van der Waals surface area contributed by atoms with Crippen molar-refractivity contribution in [3.05, 3.63) is 93.4 Å². The highest BCUT2D eigenvalue weighted by Gasteiger charge is 2.47. The third-order valence-electron chi connectivity index (χ3n) is 8.87. The molecule has 9 nitrogen and oxygen atoms in total. The van der Waals surface area contributed by atoms with E-state index in [9.17, 15) is 31.2 Å². The van der Waals surface area contributed by atoms with Gasteiger partial charge < -0.3 is 4.90 Å². The SMILES string of the molecule is Cc1cc(F)c(F)c(S(=O)(=O)N2CC[C@@H]2C(=O)N(Cc2ccc(C3CCCCC3)cn2)c2ccc3c(=O)n(C)ncc3c2)c1F. The summed E-state index contributed by atoms with van der Waals surface area (Å²) in [5.41, 5.74) is 1.30. The first-order chi connectivity index (χ1) is 21.5. The first kappa shape index (κ1) is 30.9. The minimum atomic E-state index is -4.93. The van der Waals surface area contributed by atoms with Gasteiger partial charge in [-0.3, -0.25) is 14.6 Å². The van der Waals surface area contributed by atoms with E-state index in [1.54, 1.807) is 24.4 Å². The molecule has 0 radical (unpaired) electrons. The number of benzene rings is 2. The summed E-state index contributed by atoms with van der Waals surface area (Å²) in [5.74, 6) is -4.98. The number of hydrogen-bond donors (Lipinski definition) is 0. The van der Waals surface area contributed by atoms with E-state index in [1.807, 2.05) is 12.1 Å². The number of halogens is 3. The average molecular weight is 640 g/mol.